The second-order valence-corrected chi connectivity index (χ2v) is 2.35. The Bertz CT molecular complexity index is 172. The summed E-state index contributed by atoms with van der Waals surface area (Å²) < 4.78 is 0. The summed E-state index contributed by atoms with van der Waals surface area (Å²) in [5.41, 5.74) is 0.995. The van der Waals surface area contributed by atoms with Gasteiger partial charge in [-0.3, -0.25) is 5.10 Å². The molecular weight excluding hydrogens is 128 g/mol. The fraction of sp³-hybridized carbons (Fsp3) is 0.571. The highest BCUT2D eigenvalue weighted by molar-refractivity contribution is 4.98. The number of aliphatic hydroxyl groups excluding tert-OH is 1. The zero-order valence-corrected chi connectivity index (χ0v) is 6.04. The van der Waals surface area contributed by atoms with E-state index in [1.165, 1.54) is 0 Å². The summed E-state index contributed by atoms with van der Waals surface area (Å²) >= 11 is 0. The van der Waals surface area contributed by atoms with Crippen molar-refractivity contribution in [3.63, 3.8) is 0 Å². The first-order valence-electron chi connectivity index (χ1n) is 3.49. The molecule has 1 rings (SSSR count). The summed E-state index contributed by atoms with van der Waals surface area (Å²) in [5.74, 6) is 0. The van der Waals surface area contributed by atoms with Gasteiger partial charge in [-0.05, 0) is 12.5 Å². The number of nitrogens with one attached hydrogen (secondary N) is 1. The zero-order valence-electron chi connectivity index (χ0n) is 6.04. The molecule has 0 aliphatic carbocycles. The molecule has 1 atom stereocenters. The van der Waals surface area contributed by atoms with Crippen LogP contribution in [0, 0.1) is 0 Å². The van der Waals surface area contributed by atoms with Gasteiger partial charge in [0.15, 0.2) is 0 Å². The van der Waals surface area contributed by atoms with E-state index < -0.39 is 0 Å². The highest BCUT2D eigenvalue weighted by Gasteiger charge is 2.01. The van der Waals surface area contributed by atoms with Crippen LogP contribution < -0.4 is 0 Å². The number of hydrogen-bond donors (Lipinski definition) is 2. The minimum Gasteiger partial charge on any atom is -0.393 e. The molecule has 1 aromatic rings. The van der Waals surface area contributed by atoms with Crippen LogP contribution in [-0.2, 0) is 6.42 Å². The van der Waals surface area contributed by atoms with E-state index in [0.717, 1.165) is 12.1 Å². The van der Waals surface area contributed by atoms with Crippen molar-refractivity contribution in [3.8, 4) is 0 Å². The highest BCUT2D eigenvalue weighted by atomic mass is 16.3. The lowest BCUT2D eigenvalue weighted by molar-refractivity contribution is 0.169. The highest BCUT2D eigenvalue weighted by Crippen LogP contribution is 2.00. The van der Waals surface area contributed by atoms with E-state index in [1.54, 1.807) is 6.20 Å². The molecule has 1 unspecified atom stereocenters. The molecule has 0 bridgehead atoms. The fourth-order valence-electron chi connectivity index (χ4n) is 0.797. The number of nitrogens with zero attached hydrogens (tertiary/aromatic N) is 1. The Kier molecular flexibility index (Phi) is 2.45. The second kappa shape index (κ2) is 3.37. The van der Waals surface area contributed by atoms with E-state index in [-0.39, 0.29) is 6.10 Å². The molecule has 0 amide bonds. The van der Waals surface area contributed by atoms with E-state index in [2.05, 4.69) is 10.2 Å². The predicted molar refractivity (Wildman–Crippen MR) is 38.6 cm³/mol. The predicted octanol–water partition coefficient (Wildman–Crippen LogP) is 0.723. The largest absolute Gasteiger partial charge is 0.393 e. The van der Waals surface area contributed by atoms with Crippen molar-refractivity contribution < 1.29 is 5.11 Å². The number of hydrogen-bond acceptors (Lipinski definition) is 2. The molecule has 0 aromatic carbocycles. The van der Waals surface area contributed by atoms with Crippen LogP contribution in [0.25, 0.3) is 0 Å². The molecule has 0 spiro atoms. The van der Waals surface area contributed by atoms with Crippen LogP contribution in [0.2, 0.25) is 0 Å². The lowest BCUT2D eigenvalue weighted by Crippen LogP contribution is -2.08. The summed E-state index contributed by atoms with van der Waals surface area (Å²) in [6, 6.07) is 1.87. The topological polar surface area (TPSA) is 48.9 Å². The van der Waals surface area contributed by atoms with E-state index >= 15 is 0 Å². The minimum atomic E-state index is -0.236. The maximum absolute atomic E-state index is 9.18. The van der Waals surface area contributed by atoms with Crippen molar-refractivity contribution in [1.29, 1.82) is 0 Å². The molecule has 10 heavy (non-hydrogen) atoms. The minimum absolute atomic E-state index is 0.236. The first kappa shape index (κ1) is 7.28. The third-order valence-corrected chi connectivity index (χ3v) is 1.49. The van der Waals surface area contributed by atoms with Crippen molar-refractivity contribution in [2.24, 2.45) is 0 Å². The van der Waals surface area contributed by atoms with Gasteiger partial charge in [-0.1, -0.05) is 6.92 Å². The second-order valence-electron chi connectivity index (χ2n) is 2.35. The van der Waals surface area contributed by atoms with Gasteiger partial charge in [0, 0.05) is 18.3 Å². The van der Waals surface area contributed by atoms with Gasteiger partial charge in [0.2, 0.25) is 0 Å². The summed E-state index contributed by atoms with van der Waals surface area (Å²) in [5, 5.41) is 15.7. The van der Waals surface area contributed by atoms with Gasteiger partial charge < -0.3 is 5.11 Å². The molecule has 0 fully saturated rings. The summed E-state index contributed by atoms with van der Waals surface area (Å²) in [6.07, 6.45) is 2.92. The van der Waals surface area contributed by atoms with Crippen LogP contribution in [0.3, 0.4) is 0 Å². The van der Waals surface area contributed by atoms with Crippen LogP contribution in [0.15, 0.2) is 12.3 Å². The summed E-state index contributed by atoms with van der Waals surface area (Å²) in [7, 11) is 0. The van der Waals surface area contributed by atoms with Gasteiger partial charge in [-0.2, -0.15) is 5.10 Å². The summed E-state index contributed by atoms with van der Waals surface area (Å²) in [4.78, 5) is 0. The average Bonchev–Trinajstić information content (AvgIpc) is 2.40. The van der Waals surface area contributed by atoms with Crippen molar-refractivity contribution in [1.82, 2.24) is 10.2 Å². The molecule has 0 saturated heterocycles. The Morgan fingerprint density at radius 2 is 2.60 bits per heavy atom. The van der Waals surface area contributed by atoms with Gasteiger partial charge in [0.05, 0.1) is 6.10 Å². The molecule has 0 aliphatic heterocycles. The maximum Gasteiger partial charge on any atom is 0.0592 e. The van der Waals surface area contributed by atoms with Gasteiger partial charge in [0.1, 0.15) is 0 Å². The lowest BCUT2D eigenvalue weighted by atomic mass is 10.1. The maximum atomic E-state index is 9.18. The first-order valence-corrected chi connectivity index (χ1v) is 3.49. The standard InChI is InChI=1S/C7H12N2O/c1-2-7(10)5-6-3-4-8-9-6/h3-4,7,10H,2,5H2,1H3,(H,8,9). The van der Waals surface area contributed by atoms with Crippen molar-refractivity contribution in [3.05, 3.63) is 18.0 Å². The van der Waals surface area contributed by atoms with Gasteiger partial charge in [0.25, 0.3) is 0 Å². The fourth-order valence-corrected chi connectivity index (χ4v) is 0.797. The molecule has 3 nitrogen and oxygen atoms in total. The van der Waals surface area contributed by atoms with Crippen LogP contribution in [0.1, 0.15) is 19.0 Å². The third kappa shape index (κ3) is 1.84. The van der Waals surface area contributed by atoms with Crippen molar-refractivity contribution in [2.75, 3.05) is 0 Å². The molecule has 0 aliphatic rings. The van der Waals surface area contributed by atoms with Crippen LogP contribution in [0.4, 0.5) is 0 Å². The molecule has 0 saturated carbocycles. The Labute approximate surface area is 60.1 Å². The molecule has 56 valence electrons. The van der Waals surface area contributed by atoms with E-state index in [1.807, 2.05) is 13.0 Å². The molecular formula is C7H12N2O. The quantitative estimate of drug-likeness (QED) is 0.650. The van der Waals surface area contributed by atoms with E-state index in [4.69, 9.17) is 0 Å². The smallest absolute Gasteiger partial charge is 0.0592 e. The number of aromatic nitrogens is 2. The molecule has 3 heteroatoms. The van der Waals surface area contributed by atoms with Gasteiger partial charge in [-0.15, -0.1) is 0 Å². The SMILES string of the molecule is CCC(O)Cc1ccn[nH]1. The van der Waals surface area contributed by atoms with Crippen molar-refractivity contribution >= 4 is 0 Å². The number of rotatable bonds is 3. The van der Waals surface area contributed by atoms with Gasteiger partial charge >= 0.3 is 0 Å². The van der Waals surface area contributed by atoms with E-state index in [0.29, 0.717) is 6.42 Å². The first-order chi connectivity index (χ1) is 4.83. The zero-order chi connectivity index (χ0) is 7.40. The molecule has 1 heterocycles. The number of H-pyrrole nitrogens is 1. The van der Waals surface area contributed by atoms with Crippen LogP contribution >= 0.6 is 0 Å². The van der Waals surface area contributed by atoms with Crippen molar-refractivity contribution in [2.45, 2.75) is 25.9 Å². The molecule has 0 radical (unpaired) electrons. The van der Waals surface area contributed by atoms with Gasteiger partial charge in [-0.25, -0.2) is 0 Å². The lowest BCUT2D eigenvalue weighted by Gasteiger charge is -2.03. The Balaban J connectivity index is 2.40. The Hall–Kier alpha value is -0.830. The number of aliphatic hydroxyl groups is 1. The van der Waals surface area contributed by atoms with Crippen LogP contribution in [-0.4, -0.2) is 21.4 Å². The molecule has 2 N–H and O–H groups in total. The average molecular weight is 140 g/mol. The third-order valence-electron chi connectivity index (χ3n) is 1.49. The Morgan fingerprint density at radius 3 is 3.10 bits per heavy atom. The monoisotopic (exact) mass is 140 g/mol. The van der Waals surface area contributed by atoms with Crippen LogP contribution in [0.5, 0.6) is 0 Å². The summed E-state index contributed by atoms with van der Waals surface area (Å²) in [6.45, 7) is 1.96. The molecule has 1 aromatic heterocycles. The number of aromatic amines is 1. The Morgan fingerprint density at radius 1 is 1.80 bits per heavy atom. The normalized spacial score (nSPS) is 13.4. The van der Waals surface area contributed by atoms with E-state index in [9.17, 15) is 5.11 Å².